The second-order valence-corrected chi connectivity index (χ2v) is 6.16. The Balaban J connectivity index is 2.19. The normalized spacial score (nSPS) is 11.8. The van der Waals surface area contributed by atoms with E-state index in [-0.39, 0.29) is 22.0 Å². The van der Waals surface area contributed by atoms with Crippen molar-refractivity contribution in [1.82, 2.24) is 0 Å². The third-order valence-electron chi connectivity index (χ3n) is 3.38. The van der Waals surface area contributed by atoms with E-state index in [0.29, 0.717) is 11.1 Å². The van der Waals surface area contributed by atoms with Crippen molar-refractivity contribution >= 4 is 22.6 Å². The first kappa shape index (κ1) is 17.2. The van der Waals surface area contributed by atoms with E-state index in [2.05, 4.69) is 0 Å². The Morgan fingerprint density at radius 1 is 0.909 bits per heavy atom. The van der Waals surface area contributed by atoms with Crippen molar-refractivity contribution in [3.63, 3.8) is 0 Å². The highest BCUT2D eigenvalue weighted by molar-refractivity contribution is 14.1. The molecule has 0 saturated heterocycles. The molecule has 0 bridgehead atoms. The molecule has 0 nitrogen and oxygen atoms in total. The van der Waals surface area contributed by atoms with E-state index in [1.54, 1.807) is 28.7 Å². The molecule has 0 spiro atoms. The zero-order valence-electron chi connectivity index (χ0n) is 11.6. The fourth-order valence-corrected chi connectivity index (χ4v) is 2.72. The third kappa shape index (κ3) is 3.97. The van der Waals surface area contributed by atoms with Gasteiger partial charge in [-0.1, -0.05) is 6.07 Å². The average Bonchev–Trinajstić information content (AvgIpc) is 2.42. The molecule has 0 aliphatic rings. The van der Waals surface area contributed by atoms with Crippen molar-refractivity contribution in [3.8, 4) is 0 Å². The smallest absolute Gasteiger partial charge is 0.207 e. The van der Waals surface area contributed by atoms with E-state index < -0.39 is 23.4 Å². The molecule has 0 heterocycles. The van der Waals surface area contributed by atoms with Gasteiger partial charge in [-0.2, -0.15) is 13.2 Å². The summed E-state index contributed by atoms with van der Waals surface area (Å²) in [6, 6.07) is 6.52. The van der Waals surface area contributed by atoms with E-state index in [0.717, 1.165) is 6.07 Å². The van der Waals surface area contributed by atoms with Gasteiger partial charge in [0.25, 0.3) is 0 Å². The van der Waals surface area contributed by atoms with Gasteiger partial charge in [0.1, 0.15) is 11.6 Å². The van der Waals surface area contributed by atoms with E-state index >= 15 is 0 Å². The largest absolute Gasteiger partial charge is 0.417 e. The molecule has 0 N–H and O–H groups in total. The molecule has 0 aliphatic carbocycles. The second kappa shape index (κ2) is 6.52. The van der Waals surface area contributed by atoms with Gasteiger partial charge in [0.05, 0.1) is 5.56 Å². The summed E-state index contributed by atoms with van der Waals surface area (Å²) in [5.74, 6) is -1.29. The van der Waals surface area contributed by atoms with Gasteiger partial charge in [-0.3, -0.25) is 0 Å². The minimum atomic E-state index is -4.41. The Hall–Kier alpha value is -1.18. The summed E-state index contributed by atoms with van der Waals surface area (Å²) >= 11 is 1.64. The Morgan fingerprint density at radius 2 is 1.45 bits per heavy atom. The number of rotatable bonds is 3. The number of benzene rings is 2. The van der Waals surface area contributed by atoms with Crippen LogP contribution in [-0.2, 0) is 19.0 Å². The average molecular weight is 426 g/mol. The summed E-state index contributed by atoms with van der Waals surface area (Å²) in [6.07, 6.45) is -3.86. The summed E-state index contributed by atoms with van der Waals surface area (Å²) in [6.45, 7) is 1.34. The monoisotopic (exact) mass is 426 g/mol. The Morgan fingerprint density at radius 3 is 2.00 bits per heavy atom. The number of hydrogen-bond acceptors (Lipinski definition) is 0. The van der Waals surface area contributed by atoms with Gasteiger partial charge >= 0.3 is 6.18 Å². The van der Waals surface area contributed by atoms with E-state index in [4.69, 9.17) is 0 Å². The highest BCUT2D eigenvalue weighted by atomic mass is 127. The summed E-state index contributed by atoms with van der Waals surface area (Å²) in [5.41, 5.74) is 0.158. The SMILES string of the molecule is Cc1c(F)cc(CCc2ccc(I)c(C(F)(F)F)c2)cc1F. The van der Waals surface area contributed by atoms with Gasteiger partial charge in [0.15, 0.2) is 0 Å². The summed E-state index contributed by atoms with van der Waals surface area (Å²) in [4.78, 5) is 0. The fourth-order valence-electron chi connectivity index (χ4n) is 2.08. The van der Waals surface area contributed by atoms with E-state index in [1.165, 1.54) is 25.1 Å². The predicted octanol–water partition coefficient (Wildman–Crippen LogP) is 5.68. The Kier molecular flexibility index (Phi) is 5.09. The van der Waals surface area contributed by atoms with Crippen LogP contribution in [0, 0.1) is 22.1 Å². The fraction of sp³-hybridized carbons (Fsp3) is 0.250. The molecule has 0 unspecified atom stereocenters. The lowest BCUT2D eigenvalue weighted by Gasteiger charge is -2.11. The van der Waals surface area contributed by atoms with Crippen LogP contribution in [0.15, 0.2) is 30.3 Å². The molecule has 118 valence electrons. The van der Waals surface area contributed by atoms with Crippen molar-refractivity contribution in [3.05, 3.63) is 67.8 Å². The van der Waals surface area contributed by atoms with E-state index in [9.17, 15) is 22.0 Å². The molecule has 6 heteroatoms. The summed E-state index contributed by atoms with van der Waals surface area (Å²) in [5, 5.41) is 0. The Labute approximate surface area is 138 Å². The topological polar surface area (TPSA) is 0 Å². The lowest BCUT2D eigenvalue weighted by atomic mass is 10.0. The molecule has 2 rings (SSSR count). The van der Waals surface area contributed by atoms with Crippen LogP contribution in [0.25, 0.3) is 0 Å². The molecule has 0 amide bonds. The highest BCUT2D eigenvalue weighted by Gasteiger charge is 2.32. The molecule has 2 aromatic carbocycles. The maximum Gasteiger partial charge on any atom is 0.417 e. The molecular formula is C16H12F5I. The van der Waals surface area contributed by atoms with Crippen molar-refractivity contribution in [2.45, 2.75) is 25.9 Å². The molecule has 0 saturated carbocycles. The standard InChI is InChI=1S/C16H12F5I/c1-9-13(17)7-11(8-14(9)18)3-2-10-4-5-15(22)12(6-10)16(19,20)21/h4-8H,2-3H2,1H3. The first-order chi connectivity index (χ1) is 10.2. The number of aryl methyl sites for hydroxylation is 2. The van der Waals surface area contributed by atoms with Crippen LogP contribution in [0.2, 0.25) is 0 Å². The van der Waals surface area contributed by atoms with Crippen LogP contribution in [0.4, 0.5) is 22.0 Å². The molecule has 0 radical (unpaired) electrons. The van der Waals surface area contributed by atoms with Crippen molar-refractivity contribution < 1.29 is 22.0 Å². The van der Waals surface area contributed by atoms with Crippen molar-refractivity contribution in [1.29, 1.82) is 0 Å². The number of alkyl halides is 3. The van der Waals surface area contributed by atoms with Crippen LogP contribution in [-0.4, -0.2) is 0 Å². The van der Waals surface area contributed by atoms with Crippen LogP contribution in [0.5, 0.6) is 0 Å². The molecule has 0 aromatic heterocycles. The predicted molar refractivity (Wildman–Crippen MR) is 82.7 cm³/mol. The molecule has 0 fully saturated rings. The lowest BCUT2D eigenvalue weighted by molar-refractivity contribution is -0.138. The summed E-state index contributed by atoms with van der Waals surface area (Å²) in [7, 11) is 0. The molecule has 0 aliphatic heterocycles. The third-order valence-corrected chi connectivity index (χ3v) is 4.32. The maximum absolute atomic E-state index is 13.4. The van der Waals surface area contributed by atoms with Gasteiger partial charge in [-0.05, 0) is 77.7 Å². The van der Waals surface area contributed by atoms with Crippen LogP contribution in [0.1, 0.15) is 22.3 Å². The zero-order chi connectivity index (χ0) is 16.5. The van der Waals surface area contributed by atoms with Gasteiger partial charge in [0, 0.05) is 9.13 Å². The number of halogens is 6. The molecular weight excluding hydrogens is 414 g/mol. The maximum atomic E-state index is 13.4. The van der Waals surface area contributed by atoms with Gasteiger partial charge in [0.2, 0.25) is 0 Å². The van der Waals surface area contributed by atoms with Crippen molar-refractivity contribution in [2.75, 3.05) is 0 Å². The van der Waals surface area contributed by atoms with Crippen LogP contribution < -0.4 is 0 Å². The van der Waals surface area contributed by atoms with Gasteiger partial charge in [-0.25, -0.2) is 8.78 Å². The van der Waals surface area contributed by atoms with Gasteiger partial charge < -0.3 is 0 Å². The van der Waals surface area contributed by atoms with Crippen molar-refractivity contribution in [2.24, 2.45) is 0 Å². The summed E-state index contributed by atoms with van der Waals surface area (Å²) < 4.78 is 65.5. The lowest BCUT2D eigenvalue weighted by Crippen LogP contribution is -2.08. The molecule has 0 atom stereocenters. The van der Waals surface area contributed by atoms with Gasteiger partial charge in [-0.15, -0.1) is 0 Å². The number of hydrogen-bond donors (Lipinski definition) is 0. The highest BCUT2D eigenvalue weighted by Crippen LogP contribution is 2.33. The zero-order valence-corrected chi connectivity index (χ0v) is 13.7. The first-order valence-electron chi connectivity index (χ1n) is 6.48. The minimum absolute atomic E-state index is 0.0580. The van der Waals surface area contributed by atoms with E-state index in [1.807, 2.05) is 0 Å². The quantitative estimate of drug-likeness (QED) is 0.438. The second-order valence-electron chi connectivity index (χ2n) is 5.00. The minimum Gasteiger partial charge on any atom is -0.207 e. The Bertz CT molecular complexity index is 668. The molecule has 2 aromatic rings. The van der Waals surface area contributed by atoms with Crippen LogP contribution >= 0.6 is 22.6 Å². The first-order valence-corrected chi connectivity index (χ1v) is 7.56. The molecule has 22 heavy (non-hydrogen) atoms. The van der Waals surface area contributed by atoms with Crippen LogP contribution in [0.3, 0.4) is 0 Å².